The van der Waals surface area contributed by atoms with Gasteiger partial charge in [-0.3, -0.25) is 0 Å². The zero-order chi connectivity index (χ0) is 37.3. The fourth-order valence-corrected chi connectivity index (χ4v) is 8.06. The Balaban J connectivity index is 1.12. The van der Waals surface area contributed by atoms with Crippen LogP contribution in [0.2, 0.25) is 0 Å². The van der Waals surface area contributed by atoms with Crippen LogP contribution in [0.15, 0.2) is 229 Å². The van der Waals surface area contributed by atoms with Crippen LogP contribution in [0.5, 0.6) is 0 Å². The molecule has 0 spiro atoms. The molecular weight excluding hydrogens is 679 g/mol. The van der Waals surface area contributed by atoms with E-state index in [1.54, 1.807) is 0 Å². The van der Waals surface area contributed by atoms with Gasteiger partial charge in [-0.25, -0.2) is 0 Å². The molecular formula is C54H37NO. The molecule has 2 nitrogen and oxygen atoms in total. The van der Waals surface area contributed by atoms with Gasteiger partial charge in [0.15, 0.2) is 0 Å². The Bertz CT molecular complexity index is 2950. The van der Waals surface area contributed by atoms with Gasteiger partial charge in [0.1, 0.15) is 11.2 Å². The van der Waals surface area contributed by atoms with Crippen LogP contribution in [0.4, 0.5) is 17.1 Å². The topological polar surface area (TPSA) is 16.4 Å². The fourth-order valence-electron chi connectivity index (χ4n) is 8.06. The molecule has 0 bridgehead atoms. The van der Waals surface area contributed by atoms with Crippen molar-refractivity contribution in [2.24, 2.45) is 0 Å². The quantitative estimate of drug-likeness (QED) is 0.156. The molecule has 0 radical (unpaired) electrons. The van der Waals surface area contributed by atoms with E-state index in [9.17, 15) is 0 Å². The van der Waals surface area contributed by atoms with Crippen molar-refractivity contribution in [3.63, 3.8) is 0 Å². The Morgan fingerprint density at radius 2 is 0.804 bits per heavy atom. The highest BCUT2D eigenvalue weighted by Gasteiger charge is 2.21. The molecule has 0 amide bonds. The molecule has 0 aliphatic heterocycles. The molecule has 10 rings (SSSR count). The lowest BCUT2D eigenvalue weighted by Crippen LogP contribution is -2.11. The molecule has 2 heteroatoms. The normalized spacial score (nSPS) is 11.2. The van der Waals surface area contributed by atoms with E-state index in [-0.39, 0.29) is 0 Å². The zero-order valence-corrected chi connectivity index (χ0v) is 30.7. The minimum absolute atomic E-state index is 0.904. The smallest absolute Gasteiger partial charge is 0.143 e. The molecule has 10 aromatic rings. The van der Waals surface area contributed by atoms with E-state index < -0.39 is 0 Å². The van der Waals surface area contributed by atoms with Gasteiger partial charge in [0.2, 0.25) is 0 Å². The van der Waals surface area contributed by atoms with E-state index in [4.69, 9.17) is 4.42 Å². The van der Waals surface area contributed by atoms with Gasteiger partial charge in [-0.2, -0.15) is 0 Å². The standard InChI is InChI=1S/C54H37NO/c1-4-17-38(18-5-1)41-33-36-44(39-19-6-2-7-20-39)51(37-41)47-24-11-10-23-46(47)48-25-12-14-29-52(48)55(42-21-8-3-9-22-42)43-34-31-40(32-35-43)45-27-16-28-50-49-26-13-15-30-53(49)56-54(45)50/h1-37H. The van der Waals surface area contributed by atoms with Gasteiger partial charge < -0.3 is 9.32 Å². The number of furan rings is 1. The van der Waals surface area contributed by atoms with E-state index in [0.29, 0.717) is 0 Å². The van der Waals surface area contributed by atoms with Crippen LogP contribution in [0.1, 0.15) is 0 Å². The first-order chi connectivity index (χ1) is 27.8. The molecule has 0 N–H and O–H groups in total. The zero-order valence-electron chi connectivity index (χ0n) is 30.7. The van der Waals surface area contributed by atoms with Crippen molar-refractivity contribution < 1.29 is 4.42 Å². The Hall–Kier alpha value is -7.42. The highest BCUT2D eigenvalue weighted by atomic mass is 16.3. The summed E-state index contributed by atoms with van der Waals surface area (Å²) in [6.07, 6.45) is 0. The summed E-state index contributed by atoms with van der Waals surface area (Å²) >= 11 is 0. The van der Waals surface area contributed by atoms with Crippen molar-refractivity contribution in [1.29, 1.82) is 0 Å². The SMILES string of the molecule is c1ccc(-c2ccc(-c3ccccc3)c(-c3ccccc3-c3ccccc3N(c3ccccc3)c3ccc(-c4cccc5c4oc4ccccc45)cc3)c2)cc1. The molecule has 264 valence electrons. The van der Waals surface area contributed by atoms with E-state index >= 15 is 0 Å². The Kier molecular flexibility index (Phi) is 8.55. The van der Waals surface area contributed by atoms with Crippen molar-refractivity contribution in [1.82, 2.24) is 0 Å². The number of nitrogens with zero attached hydrogens (tertiary/aromatic N) is 1. The third-order valence-electron chi connectivity index (χ3n) is 10.7. The Labute approximate surface area is 327 Å². The van der Waals surface area contributed by atoms with Crippen LogP contribution in [0.3, 0.4) is 0 Å². The van der Waals surface area contributed by atoms with Gasteiger partial charge in [-0.1, -0.05) is 182 Å². The second-order valence-electron chi connectivity index (χ2n) is 14.1. The number of para-hydroxylation sites is 4. The van der Waals surface area contributed by atoms with Gasteiger partial charge in [0, 0.05) is 33.3 Å². The largest absolute Gasteiger partial charge is 0.455 e. The van der Waals surface area contributed by atoms with E-state index in [1.807, 2.05) is 12.1 Å². The highest BCUT2D eigenvalue weighted by Crippen LogP contribution is 2.46. The predicted octanol–water partition coefficient (Wildman–Crippen LogP) is 15.4. The maximum absolute atomic E-state index is 6.43. The van der Waals surface area contributed by atoms with Gasteiger partial charge in [-0.15, -0.1) is 0 Å². The molecule has 1 heterocycles. The highest BCUT2D eigenvalue weighted by molar-refractivity contribution is 6.09. The summed E-state index contributed by atoms with van der Waals surface area (Å²) in [5, 5.41) is 2.27. The van der Waals surface area contributed by atoms with Gasteiger partial charge >= 0.3 is 0 Å². The molecule has 0 saturated carbocycles. The number of rotatable bonds is 8. The first-order valence-electron chi connectivity index (χ1n) is 19.1. The number of anilines is 3. The number of hydrogen-bond donors (Lipinski definition) is 0. The maximum atomic E-state index is 6.43. The lowest BCUT2D eigenvalue weighted by molar-refractivity contribution is 0.670. The van der Waals surface area contributed by atoms with Crippen molar-refractivity contribution in [3.8, 4) is 55.6 Å². The number of fused-ring (bicyclic) bond motifs is 3. The molecule has 0 aliphatic rings. The third kappa shape index (κ3) is 6.04. The molecule has 56 heavy (non-hydrogen) atoms. The minimum Gasteiger partial charge on any atom is -0.455 e. The Morgan fingerprint density at radius 3 is 1.55 bits per heavy atom. The molecule has 0 unspecified atom stereocenters. The van der Waals surface area contributed by atoms with Crippen LogP contribution < -0.4 is 4.90 Å². The van der Waals surface area contributed by atoms with Crippen LogP contribution in [0.25, 0.3) is 77.6 Å². The van der Waals surface area contributed by atoms with Crippen LogP contribution in [-0.2, 0) is 0 Å². The summed E-state index contributed by atoms with van der Waals surface area (Å²) in [7, 11) is 0. The van der Waals surface area contributed by atoms with Crippen molar-refractivity contribution in [2.75, 3.05) is 4.90 Å². The second-order valence-corrected chi connectivity index (χ2v) is 14.1. The molecule has 1 aromatic heterocycles. The lowest BCUT2D eigenvalue weighted by atomic mass is 9.87. The van der Waals surface area contributed by atoms with Crippen LogP contribution >= 0.6 is 0 Å². The fraction of sp³-hybridized carbons (Fsp3) is 0. The molecule has 0 fully saturated rings. The molecule has 9 aromatic carbocycles. The number of benzene rings is 9. The van der Waals surface area contributed by atoms with E-state index in [2.05, 4.69) is 217 Å². The van der Waals surface area contributed by atoms with Crippen LogP contribution in [-0.4, -0.2) is 0 Å². The van der Waals surface area contributed by atoms with Gasteiger partial charge in [0.05, 0.1) is 5.69 Å². The van der Waals surface area contributed by atoms with Crippen molar-refractivity contribution in [3.05, 3.63) is 224 Å². The average Bonchev–Trinajstić information content (AvgIpc) is 3.67. The summed E-state index contributed by atoms with van der Waals surface area (Å²) in [6.45, 7) is 0. The number of hydrogen-bond acceptors (Lipinski definition) is 2. The summed E-state index contributed by atoms with van der Waals surface area (Å²) in [5.41, 5.74) is 16.7. The third-order valence-corrected chi connectivity index (χ3v) is 10.7. The van der Waals surface area contributed by atoms with Crippen molar-refractivity contribution >= 4 is 39.0 Å². The van der Waals surface area contributed by atoms with Crippen molar-refractivity contribution in [2.45, 2.75) is 0 Å². The first kappa shape index (κ1) is 33.2. The summed E-state index contributed by atoms with van der Waals surface area (Å²) in [5.74, 6) is 0. The van der Waals surface area contributed by atoms with Gasteiger partial charge in [0.25, 0.3) is 0 Å². The monoisotopic (exact) mass is 715 g/mol. The molecule has 0 aliphatic carbocycles. The van der Waals surface area contributed by atoms with E-state index in [1.165, 1.54) is 38.9 Å². The summed E-state index contributed by atoms with van der Waals surface area (Å²) in [4.78, 5) is 2.37. The Morgan fingerprint density at radius 1 is 0.286 bits per heavy atom. The van der Waals surface area contributed by atoms with Gasteiger partial charge in [-0.05, 0) is 87.0 Å². The first-order valence-corrected chi connectivity index (χ1v) is 19.1. The van der Waals surface area contributed by atoms with Crippen LogP contribution in [0, 0.1) is 0 Å². The average molecular weight is 716 g/mol. The summed E-state index contributed by atoms with van der Waals surface area (Å²) in [6, 6.07) is 80.1. The maximum Gasteiger partial charge on any atom is 0.143 e. The predicted molar refractivity (Wildman–Crippen MR) is 236 cm³/mol. The molecule has 0 atom stereocenters. The summed E-state index contributed by atoms with van der Waals surface area (Å²) < 4.78 is 6.43. The molecule has 0 saturated heterocycles. The lowest BCUT2D eigenvalue weighted by Gasteiger charge is -2.28. The second kappa shape index (κ2) is 14.4. The minimum atomic E-state index is 0.904. The van der Waals surface area contributed by atoms with E-state index in [0.717, 1.165) is 55.7 Å².